The first-order valence-corrected chi connectivity index (χ1v) is 4.79. The molecule has 2 heteroatoms. The van der Waals surface area contributed by atoms with Gasteiger partial charge in [-0.25, -0.2) is 0 Å². The standard InChI is InChI=1S/C11H11BrO/c1-4-10(13)9-6-5-7(2)11(12)8(9)3/h4-6H,1H2,2-3H3. The lowest BCUT2D eigenvalue weighted by Gasteiger charge is -2.06. The summed E-state index contributed by atoms with van der Waals surface area (Å²) in [6, 6.07) is 3.76. The minimum absolute atomic E-state index is 0.0294. The molecule has 0 bridgehead atoms. The van der Waals surface area contributed by atoms with Gasteiger partial charge in [0.05, 0.1) is 0 Å². The van der Waals surface area contributed by atoms with E-state index in [1.807, 2.05) is 26.0 Å². The molecule has 0 N–H and O–H groups in total. The van der Waals surface area contributed by atoms with Gasteiger partial charge >= 0.3 is 0 Å². The lowest BCUT2D eigenvalue weighted by atomic mass is 10.0. The fourth-order valence-corrected chi connectivity index (χ4v) is 1.54. The van der Waals surface area contributed by atoms with Crippen molar-refractivity contribution in [1.29, 1.82) is 0 Å². The van der Waals surface area contributed by atoms with E-state index in [2.05, 4.69) is 22.5 Å². The number of aryl methyl sites for hydroxylation is 1. The van der Waals surface area contributed by atoms with E-state index in [-0.39, 0.29) is 5.78 Å². The van der Waals surface area contributed by atoms with Crippen LogP contribution in [0.3, 0.4) is 0 Å². The molecule has 0 spiro atoms. The molecular weight excluding hydrogens is 228 g/mol. The predicted molar refractivity (Wildman–Crippen MR) is 58.1 cm³/mol. The molecule has 1 nitrogen and oxygen atoms in total. The molecule has 0 saturated carbocycles. The Bertz CT molecular complexity index is 367. The van der Waals surface area contributed by atoms with Crippen molar-refractivity contribution < 1.29 is 4.79 Å². The third kappa shape index (κ3) is 1.89. The van der Waals surface area contributed by atoms with E-state index in [9.17, 15) is 4.79 Å². The van der Waals surface area contributed by atoms with E-state index in [4.69, 9.17) is 0 Å². The summed E-state index contributed by atoms with van der Waals surface area (Å²) >= 11 is 3.44. The summed E-state index contributed by atoms with van der Waals surface area (Å²) in [7, 11) is 0. The van der Waals surface area contributed by atoms with Crippen LogP contribution in [-0.4, -0.2) is 5.78 Å². The minimum atomic E-state index is -0.0294. The Balaban J connectivity index is 3.33. The van der Waals surface area contributed by atoms with Crippen LogP contribution in [0.15, 0.2) is 29.3 Å². The van der Waals surface area contributed by atoms with E-state index >= 15 is 0 Å². The molecule has 0 unspecified atom stereocenters. The largest absolute Gasteiger partial charge is 0.289 e. The second-order valence-electron chi connectivity index (χ2n) is 2.94. The molecule has 0 heterocycles. The van der Waals surface area contributed by atoms with Crippen LogP contribution in [0.1, 0.15) is 21.5 Å². The van der Waals surface area contributed by atoms with Gasteiger partial charge in [-0.2, -0.15) is 0 Å². The number of ketones is 1. The van der Waals surface area contributed by atoms with E-state index in [1.54, 1.807) is 0 Å². The topological polar surface area (TPSA) is 17.1 Å². The van der Waals surface area contributed by atoms with Crippen molar-refractivity contribution in [2.24, 2.45) is 0 Å². The van der Waals surface area contributed by atoms with Gasteiger partial charge in [0.25, 0.3) is 0 Å². The van der Waals surface area contributed by atoms with Gasteiger partial charge in [0.1, 0.15) is 0 Å². The molecule has 0 radical (unpaired) electrons. The second kappa shape index (κ2) is 3.88. The third-order valence-electron chi connectivity index (χ3n) is 2.03. The molecule has 0 aliphatic heterocycles. The van der Waals surface area contributed by atoms with Crippen LogP contribution in [0.25, 0.3) is 0 Å². The molecule has 0 aromatic heterocycles. The Labute approximate surface area is 86.6 Å². The highest BCUT2D eigenvalue weighted by Crippen LogP contribution is 2.24. The molecule has 0 atom stereocenters. The van der Waals surface area contributed by atoms with Gasteiger partial charge in [-0.05, 0) is 31.1 Å². The molecule has 0 fully saturated rings. The van der Waals surface area contributed by atoms with Crippen LogP contribution in [0.5, 0.6) is 0 Å². The quantitative estimate of drug-likeness (QED) is 0.570. The maximum Gasteiger partial charge on any atom is 0.185 e. The molecular formula is C11H11BrO. The average Bonchev–Trinajstić information content (AvgIpc) is 2.13. The zero-order valence-corrected chi connectivity index (χ0v) is 9.31. The molecule has 0 aliphatic rings. The highest BCUT2D eigenvalue weighted by Gasteiger charge is 2.08. The number of hydrogen-bond donors (Lipinski definition) is 0. The lowest BCUT2D eigenvalue weighted by Crippen LogP contribution is -1.98. The number of rotatable bonds is 2. The zero-order chi connectivity index (χ0) is 10.0. The van der Waals surface area contributed by atoms with E-state index in [1.165, 1.54) is 6.08 Å². The molecule has 13 heavy (non-hydrogen) atoms. The Hall–Kier alpha value is -0.890. The summed E-state index contributed by atoms with van der Waals surface area (Å²) in [6.45, 7) is 7.39. The lowest BCUT2D eigenvalue weighted by molar-refractivity contribution is 0.104. The van der Waals surface area contributed by atoms with Crippen molar-refractivity contribution in [2.75, 3.05) is 0 Å². The van der Waals surface area contributed by atoms with Crippen LogP contribution in [0.4, 0.5) is 0 Å². The number of halogens is 1. The summed E-state index contributed by atoms with van der Waals surface area (Å²) < 4.78 is 1.00. The number of allylic oxidation sites excluding steroid dienone is 1. The monoisotopic (exact) mass is 238 g/mol. The fraction of sp³-hybridized carbons (Fsp3) is 0.182. The SMILES string of the molecule is C=CC(=O)c1ccc(C)c(Br)c1C. The highest BCUT2D eigenvalue weighted by atomic mass is 79.9. The van der Waals surface area contributed by atoms with Crippen LogP contribution >= 0.6 is 15.9 Å². The van der Waals surface area contributed by atoms with E-state index < -0.39 is 0 Å². The summed E-state index contributed by atoms with van der Waals surface area (Å²) in [5.41, 5.74) is 2.83. The molecule has 1 rings (SSSR count). The first-order valence-electron chi connectivity index (χ1n) is 4.00. The van der Waals surface area contributed by atoms with Crippen LogP contribution in [0.2, 0.25) is 0 Å². The molecule has 0 amide bonds. The predicted octanol–water partition coefficient (Wildman–Crippen LogP) is 3.43. The van der Waals surface area contributed by atoms with Gasteiger partial charge in [0, 0.05) is 10.0 Å². The summed E-state index contributed by atoms with van der Waals surface area (Å²) in [4.78, 5) is 11.4. The van der Waals surface area contributed by atoms with Crippen molar-refractivity contribution in [3.8, 4) is 0 Å². The molecule has 1 aromatic rings. The Morgan fingerprint density at radius 2 is 2.08 bits per heavy atom. The van der Waals surface area contributed by atoms with Crippen molar-refractivity contribution in [3.05, 3.63) is 46.0 Å². The zero-order valence-electron chi connectivity index (χ0n) is 7.73. The highest BCUT2D eigenvalue weighted by molar-refractivity contribution is 9.10. The maximum absolute atomic E-state index is 11.4. The summed E-state index contributed by atoms with van der Waals surface area (Å²) in [5, 5.41) is 0. The van der Waals surface area contributed by atoms with Crippen molar-refractivity contribution in [2.45, 2.75) is 13.8 Å². The summed E-state index contributed by atoms with van der Waals surface area (Å²) in [6.07, 6.45) is 1.34. The van der Waals surface area contributed by atoms with Gasteiger partial charge in [-0.3, -0.25) is 4.79 Å². The van der Waals surface area contributed by atoms with Crippen LogP contribution in [0, 0.1) is 13.8 Å². The number of carbonyl (C=O) groups is 1. The Morgan fingerprint density at radius 3 is 2.62 bits per heavy atom. The smallest absolute Gasteiger partial charge is 0.185 e. The van der Waals surface area contributed by atoms with Crippen molar-refractivity contribution >= 4 is 21.7 Å². The minimum Gasteiger partial charge on any atom is -0.289 e. The van der Waals surface area contributed by atoms with Crippen molar-refractivity contribution in [3.63, 3.8) is 0 Å². The van der Waals surface area contributed by atoms with Gasteiger partial charge in [0.15, 0.2) is 5.78 Å². The first kappa shape index (κ1) is 10.2. The Morgan fingerprint density at radius 1 is 1.46 bits per heavy atom. The number of carbonyl (C=O) groups excluding carboxylic acids is 1. The van der Waals surface area contributed by atoms with Gasteiger partial charge < -0.3 is 0 Å². The number of hydrogen-bond acceptors (Lipinski definition) is 1. The second-order valence-corrected chi connectivity index (χ2v) is 3.73. The number of benzene rings is 1. The average molecular weight is 239 g/mol. The Kier molecular flexibility index (Phi) is 3.04. The van der Waals surface area contributed by atoms with E-state index in [0.29, 0.717) is 5.56 Å². The third-order valence-corrected chi connectivity index (χ3v) is 3.25. The van der Waals surface area contributed by atoms with Crippen LogP contribution < -0.4 is 0 Å². The first-order chi connectivity index (χ1) is 6.07. The molecule has 68 valence electrons. The van der Waals surface area contributed by atoms with E-state index in [0.717, 1.165) is 15.6 Å². The van der Waals surface area contributed by atoms with Crippen molar-refractivity contribution in [1.82, 2.24) is 0 Å². The molecule has 1 aromatic carbocycles. The van der Waals surface area contributed by atoms with Gasteiger partial charge in [0.2, 0.25) is 0 Å². The summed E-state index contributed by atoms with van der Waals surface area (Å²) in [5.74, 6) is -0.0294. The molecule has 0 aliphatic carbocycles. The van der Waals surface area contributed by atoms with Gasteiger partial charge in [-0.15, -0.1) is 0 Å². The fourth-order valence-electron chi connectivity index (χ4n) is 1.20. The normalized spacial score (nSPS) is 9.77. The molecule has 0 saturated heterocycles. The maximum atomic E-state index is 11.4. The van der Waals surface area contributed by atoms with Crippen LogP contribution in [-0.2, 0) is 0 Å². The van der Waals surface area contributed by atoms with Gasteiger partial charge in [-0.1, -0.05) is 34.6 Å².